The average Bonchev–Trinajstić information content (AvgIpc) is 2.68. The van der Waals surface area contributed by atoms with Crippen LogP contribution in [0.25, 0.3) is 0 Å². The van der Waals surface area contributed by atoms with E-state index in [1.54, 1.807) is 6.07 Å². The summed E-state index contributed by atoms with van der Waals surface area (Å²) in [7, 11) is 0. The van der Waals surface area contributed by atoms with Gasteiger partial charge in [-0.05, 0) is 25.2 Å². The molecule has 1 aliphatic carbocycles. The summed E-state index contributed by atoms with van der Waals surface area (Å²) >= 11 is 0. The molecular weight excluding hydrogens is 210 g/mol. The molecule has 6 nitrogen and oxygen atoms in total. The van der Waals surface area contributed by atoms with E-state index in [-0.39, 0.29) is 18.6 Å². The van der Waals surface area contributed by atoms with Crippen LogP contribution in [0.5, 0.6) is 0 Å². The lowest BCUT2D eigenvalue weighted by atomic mass is 10.1. The van der Waals surface area contributed by atoms with Gasteiger partial charge >= 0.3 is 11.8 Å². The summed E-state index contributed by atoms with van der Waals surface area (Å²) in [5, 5.41) is 22.1. The molecule has 0 radical (unpaired) electrons. The molecular formula is C10H15N3O3. The van der Waals surface area contributed by atoms with E-state index in [9.17, 15) is 14.7 Å². The van der Waals surface area contributed by atoms with E-state index in [0.717, 1.165) is 12.8 Å². The number of hydrogen-bond donors (Lipinski definition) is 3. The second kappa shape index (κ2) is 6.08. The first-order valence-electron chi connectivity index (χ1n) is 5.24. The van der Waals surface area contributed by atoms with Crippen LogP contribution in [0.3, 0.4) is 0 Å². The van der Waals surface area contributed by atoms with Gasteiger partial charge in [0.2, 0.25) is 0 Å². The topological polar surface area (TPSA) is 102 Å². The van der Waals surface area contributed by atoms with Gasteiger partial charge in [0.1, 0.15) is 6.54 Å². The predicted molar refractivity (Wildman–Crippen MR) is 55.0 cm³/mol. The number of nitrogens with one attached hydrogen (secondary N) is 2. The van der Waals surface area contributed by atoms with Crippen LogP contribution in [-0.2, 0) is 9.59 Å². The van der Waals surface area contributed by atoms with Gasteiger partial charge in [-0.2, -0.15) is 5.26 Å². The Morgan fingerprint density at radius 1 is 1.31 bits per heavy atom. The molecule has 6 heteroatoms. The molecule has 16 heavy (non-hydrogen) atoms. The van der Waals surface area contributed by atoms with Gasteiger partial charge in [-0.15, -0.1) is 0 Å². The number of hydrogen-bond acceptors (Lipinski definition) is 4. The fraction of sp³-hybridized carbons (Fsp3) is 0.700. The molecule has 1 fully saturated rings. The van der Waals surface area contributed by atoms with Crippen LogP contribution >= 0.6 is 0 Å². The zero-order valence-electron chi connectivity index (χ0n) is 8.90. The van der Waals surface area contributed by atoms with Crippen LogP contribution < -0.4 is 10.6 Å². The Hall–Kier alpha value is -1.61. The van der Waals surface area contributed by atoms with Crippen LogP contribution in [0.1, 0.15) is 19.3 Å². The van der Waals surface area contributed by atoms with E-state index in [4.69, 9.17) is 5.26 Å². The van der Waals surface area contributed by atoms with E-state index >= 15 is 0 Å². The van der Waals surface area contributed by atoms with Crippen molar-refractivity contribution in [3.63, 3.8) is 0 Å². The number of rotatable bonds is 3. The lowest BCUT2D eigenvalue weighted by Crippen LogP contribution is -2.41. The number of nitrogens with zero attached hydrogens (tertiary/aromatic N) is 1. The Labute approximate surface area is 93.6 Å². The molecule has 1 saturated carbocycles. The summed E-state index contributed by atoms with van der Waals surface area (Å²) in [5.74, 6) is -1.28. The minimum atomic E-state index is -0.792. The van der Waals surface area contributed by atoms with Crippen molar-refractivity contribution >= 4 is 11.8 Å². The van der Waals surface area contributed by atoms with Crippen molar-refractivity contribution < 1.29 is 14.7 Å². The minimum Gasteiger partial charge on any atom is -0.393 e. The van der Waals surface area contributed by atoms with Crippen LogP contribution in [0.2, 0.25) is 0 Å². The van der Waals surface area contributed by atoms with Crippen molar-refractivity contribution in [1.29, 1.82) is 5.26 Å². The van der Waals surface area contributed by atoms with Gasteiger partial charge in [-0.1, -0.05) is 0 Å². The maximum Gasteiger partial charge on any atom is 0.310 e. The fourth-order valence-corrected chi connectivity index (χ4v) is 1.75. The second-order valence-corrected chi connectivity index (χ2v) is 3.88. The van der Waals surface area contributed by atoms with Gasteiger partial charge in [0, 0.05) is 6.54 Å². The van der Waals surface area contributed by atoms with Crippen molar-refractivity contribution in [2.24, 2.45) is 5.92 Å². The van der Waals surface area contributed by atoms with Gasteiger partial charge in [0.15, 0.2) is 0 Å². The molecule has 0 aromatic heterocycles. The summed E-state index contributed by atoms with van der Waals surface area (Å²) in [5.41, 5.74) is 0. The first-order valence-corrected chi connectivity index (χ1v) is 5.24. The Kier molecular flexibility index (Phi) is 4.73. The third-order valence-electron chi connectivity index (χ3n) is 2.60. The van der Waals surface area contributed by atoms with Crippen molar-refractivity contribution in [2.45, 2.75) is 25.4 Å². The summed E-state index contributed by atoms with van der Waals surface area (Å²) in [6.07, 6.45) is 2.00. The summed E-state index contributed by atoms with van der Waals surface area (Å²) in [6, 6.07) is 1.71. The molecule has 0 aromatic rings. The van der Waals surface area contributed by atoms with E-state index in [1.807, 2.05) is 0 Å². The largest absolute Gasteiger partial charge is 0.393 e. The van der Waals surface area contributed by atoms with E-state index in [1.165, 1.54) is 0 Å². The standard InChI is InChI=1S/C10H15N3O3/c11-3-4-12-9(15)10(16)13-6-7-1-2-8(14)5-7/h7-8,14H,1-2,4-6H2,(H,12,15)(H,13,16). The molecule has 0 aliphatic heterocycles. The lowest BCUT2D eigenvalue weighted by Gasteiger charge is -2.10. The highest BCUT2D eigenvalue weighted by molar-refractivity contribution is 6.35. The molecule has 0 aromatic carbocycles. The highest BCUT2D eigenvalue weighted by atomic mass is 16.3. The van der Waals surface area contributed by atoms with Crippen LogP contribution in [0, 0.1) is 17.2 Å². The Bertz CT molecular complexity index is 311. The van der Waals surface area contributed by atoms with Crippen LogP contribution in [0.4, 0.5) is 0 Å². The van der Waals surface area contributed by atoms with Crippen molar-refractivity contribution in [3.8, 4) is 6.07 Å². The summed E-state index contributed by atoms with van der Waals surface area (Å²) in [6.45, 7) is 0.226. The maximum absolute atomic E-state index is 11.2. The summed E-state index contributed by atoms with van der Waals surface area (Å²) < 4.78 is 0. The minimum absolute atomic E-state index is 0.172. The Balaban J connectivity index is 2.20. The number of aliphatic hydroxyl groups excluding tert-OH is 1. The van der Waals surface area contributed by atoms with Crippen molar-refractivity contribution in [1.82, 2.24) is 10.6 Å². The predicted octanol–water partition coefficient (Wildman–Crippen LogP) is -1.10. The lowest BCUT2D eigenvalue weighted by molar-refractivity contribution is -0.139. The van der Waals surface area contributed by atoms with Gasteiger partial charge in [-0.3, -0.25) is 9.59 Å². The molecule has 1 aliphatic rings. The molecule has 2 unspecified atom stereocenters. The van der Waals surface area contributed by atoms with Gasteiger partial charge in [0.05, 0.1) is 12.2 Å². The SMILES string of the molecule is N#CCNC(=O)C(=O)NCC1CCC(O)C1. The Morgan fingerprint density at radius 2 is 2.00 bits per heavy atom. The highest BCUT2D eigenvalue weighted by Crippen LogP contribution is 2.24. The van der Waals surface area contributed by atoms with E-state index < -0.39 is 11.8 Å². The zero-order valence-corrected chi connectivity index (χ0v) is 8.90. The molecule has 2 atom stereocenters. The smallest absolute Gasteiger partial charge is 0.310 e. The number of aliphatic hydroxyl groups is 1. The van der Waals surface area contributed by atoms with Crippen molar-refractivity contribution in [2.75, 3.05) is 13.1 Å². The molecule has 0 spiro atoms. The number of carbonyl (C=O) groups excluding carboxylic acids is 2. The van der Waals surface area contributed by atoms with Crippen molar-refractivity contribution in [3.05, 3.63) is 0 Å². The molecule has 1 rings (SSSR count). The number of amides is 2. The first kappa shape index (κ1) is 12.5. The van der Waals surface area contributed by atoms with Gasteiger partial charge in [0.25, 0.3) is 0 Å². The monoisotopic (exact) mass is 225 g/mol. The number of carbonyl (C=O) groups is 2. The molecule has 88 valence electrons. The third-order valence-corrected chi connectivity index (χ3v) is 2.60. The third kappa shape index (κ3) is 3.87. The van der Waals surface area contributed by atoms with E-state index in [2.05, 4.69) is 10.6 Å². The molecule has 0 bridgehead atoms. The fourth-order valence-electron chi connectivity index (χ4n) is 1.75. The van der Waals surface area contributed by atoms with Gasteiger partial charge in [-0.25, -0.2) is 0 Å². The number of nitriles is 1. The summed E-state index contributed by atoms with van der Waals surface area (Å²) in [4.78, 5) is 22.2. The second-order valence-electron chi connectivity index (χ2n) is 3.88. The van der Waals surface area contributed by atoms with Crippen LogP contribution in [-0.4, -0.2) is 36.1 Å². The quantitative estimate of drug-likeness (QED) is 0.419. The zero-order chi connectivity index (χ0) is 12.0. The maximum atomic E-state index is 11.2. The van der Waals surface area contributed by atoms with Gasteiger partial charge < -0.3 is 15.7 Å². The normalized spacial score (nSPS) is 23.5. The first-order chi connectivity index (χ1) is 7.63. The Morgan fingerprint density at radius 3 is 2.56 bits per heavy atom. The average molecular weight is 225 g/mol. The molecule has 0 heterocycles. The molecule has 0 saturated heterocycles. The van der Waals surface area contributed by atoms with E-state index in [0.29, 0.717) is 13.0 Å². The molecule has 2 amide bonds. The molecule has 3 N–H and O–H groups in total. The highest BCUT2D eigenvalue weighted by Gasteiger charge is 2.23. The van der Waals surface area contributed by atoms with Crippen LogP contribution in [0.15, 0.2) is 0 Å².